The standard InChI is InChI=1S/C26H31ClN2O4/c1-5-28(6-2)15-16-29-23(18-9-13-21(14-10-18)33-17(3)4)22(25(31)26(29)32)24(30)19-7-11-20(27)12-8-19/h7-14,17,23,30H,5-6,15-16H2,1-4H3/t23-/m0/s1. The van der Waals surface area contributed by atoms with Crippen molar-refractivity contribution in [3.05, 3.63) is 70.3 Å². The molecule has 1 amide bonds. The van der Waals surface area contributed by atoms with Crippen LogP contribution < -0.4 is 4.74 Å². The highest BCUT2D eigenvalue weighted by Gasteiger charge is 2.45. The molecule has 7 heteroatoms. The zero-order chi connectivity index (χ0) is 24.1. The van der Waals surface area contributed by atoms with Crippen LogP contribution in [0.4, 0.5) is 0 Å². The highest BCUT2D eigenvalue weighted by molar-refractivity contribution is 6.46. The summed E-state index contributed by atoms with van der Waals surface area (Å²) in [4.78, 5) is 29.9. The first-order valence-corrected chi connectivity index (χ1v) is 11.7. The maximum Gasteiger partial charge on any atom is 0.295 e. The summed E-state index contributed by atoms with van der Waals surface area (Å²) in [5, 5.41) is 11.6. The molecular formula is C26H31ClN2O4. The van der Waals surface area contributed by atoms with Gasteiger partial charge in [-0.15, -0.1) is 0 Å². The molecule has 1 aliphatic rings. The zero-order valence-corrected chi connectivity index (χ0v) is 20.3. The third kappa shape index (κ3) is 5.57. The van der Waals surface area contributed by atoms with Crippen molar-refractivity contribution in [2.75, 3.05) is 26.2 Å². The number of halogens is 1. The lowest BCUT2D eigenvalue weighted by Gasteiger charge is -2.28. The van der Waals surface area contributed by atoms with Crippen LogP contribution in [0.1, 0.15) is 44.9 Å². The Hall–Kier alpha value is -2.83. The Morgan fingerprint density at radius 2 is 1.67 bits per heavy atom. The summed E-state index contributed by atoms with van der Waals surface area (Å²) in [7, 11) is 0. The summed E-state index contributed by atoms with van der Waals surface area (Å²) in [6.07, 6.45) is 0.0282. The average molecular weight is 471 g/mol. The van der Waals surface area contributed by atoms with Gasteiger partial charge in [0.05, 0.1) is 17.7 Å². The number of carbonyl (C=O) groups excluding carboxylic acids is 2. The van der Waals surface area contributed by atoms with Gasteiger partial charge in [-0.25, -0.2) is 0 Å². The Morgan fingerprint density at radius 1 is 1.06 bits per heavy atom. The minimum Gasteiger partial charge on any atom is -0.507 e. The number of Topliss-reactive ketones (excluding diaryl/α,β-unsaturated/α-hetero) is 1. The number of hydrogen-bond acceptors (Lipinski definition) is 5. The summed E-state index contributed by atoms with van der Waals surface area (Å²) in [6, 6.07) is 13.2. The van der Waals surface area contributed by atoms with Gasteiger partial charge >= 0.3 is 0 Å². The number of aliphatic hydroxyl groups excluding tert-OH is 1. The maximum atomic E-state index is 13.1. The molecule has 3 rings (SSSR count). The van der Waals surface area contributed by atoms with Crippen molar-refractivity contribution < 1.29 is 19.4 Å². The van der Waals surface area contributed by atoms with Gasteiger partial charge in [0.1, 0.15) is 11.5 Å². The minimum absolute atomic E-state index is 0.0282. The second-order valence-electron chi connectivity index (χ2n) is 8.26. The molecule has 1 atom stereocenters. The molecule has 6 nitrogen and oxygen atoms in total. The van der Waals surface area contributed by atoms with E-state index in [2.05, 4.69) is 18.7 Å². The first-order valence-electron chi connectivity index (χ1n) is 11.3. The number of carbonyl (C=O) groups is 2. The van der Waals surface area contributed by atoms with E-state index in [1.54, 1.807) is 29.2 Å². The fraction of sp³-hybridized carbons (Fsp3) is 0.385. The SMILES string of the molecule is CCN(CC)CCN1C(=O)C(=O)C(=C(O)c2ccc(Cl)cc2)[C@@H]1c1ccc(OC(C)C)cc1. The smallest absolute Gasteiger partial charge is 0.295 e. The quantitative estimate of drug-likeness (QED) is 0.321. The predicted octanol–water partition coefficient (Wildman–Crippen LogP) is 4.89. The molecule has 1 heterocycles. The molecule has 1 fully saturated rings. The Labute approximate surface area is 200 Å². The summed E-state index contributed by atoms with van der Waals surface area (Å²) < 4.78 is 5.74. The predicted molar refractivity (Wildman–Crippen MR) is 130 cm³/mol. The summed E-state index contributed by atoms with van der Waals surface area (Å²) in [6.45, 7) is 10.7. The molecular weight excluding hydrogens is 440 g/mol. The molecule has 1 saturated heterocycles. The van der Waals surface area contributed by atoms with Crippen LogP contribution in [0.15, 0.2) is 54.1 Å². The summed E-state index contributed by atoms with van der Waals surface area (Å²) in [5.74, 6) is -0.797. The number of benzene rings is 2. The molecule has 1 N–H and O–H groups in total. The fourth-order valence-corrected chi connectivity index (χ4v) is 4.14. The van der Waals surface area contributed by atoms with Crippen LogP contribution in [0.25, 0.3) is 5.76 Å². The number of nitrogens with zero attached hydrogens (tertiary/aromatic N) is 2. The second-order valence-corrected chi connectivity index (χ2v) is 8.70. The van der Waals surface area contributed by atoms with Crippen molar-refractivity contribution in [1.82, 2.24) is 9.80 Å². The number of aliphatic hydroxyl groups is 1. The van der Waals surface area contributed by atoms with E-state index >= 15 is 0 Å². The van der Waals surface area contributed by atoms with E-state index < -0.39 is 17.7 Å². The molecule has 2 aromatic carbocycles. The van der Waals surface area contributed by atoms with Gasteiger partial charge in [-0.1, -0.05) is 37.6 Å². The summed E-state index contributed by atoms with van der Waals surface area (Å²) in [5.41, 5.74) is 1.26. The Balaban J connectivity index is 2.06. The molecule has 176 valence electrons. The Morgan fingerprint density at radius 3 is 2.21 bits per heavy atom. The molecule has 0 unspecified atom stereocenters. The van der Waals surface area contributed by atoms with Crippen molar-refractivity contribution >= 4 is 29.1 Å². The van der Waals surface area contributed by atoms with Gasteiger partial charge in [0.25, 0.3) is 11.7 Å². The Bertz CT molecular complexity index is 1010. The highest BCUT2D eigenvalue weighted by atomic mass is 35.5. The number of ketones is 1. The molecule has 0 bridgehead atoms. The van der Waals surface area contributed by atoms with E-state index in [1.165, 1.54) is 0 Å². The van der Waals surface area contributed by atoms with Crippen LogP contribution in [0.3, 0.4) is 0 Å². The first kappa shape index (κ1) is 24.8. The van der Waals surface area contributed by atoms with Gasteiger partial charge in [0.15, 0.2) is 0 Å². The van der Waals surface area contributed by atoms with Gasteiger partial charge in [-0.05, 0) is 68.9 Å². The van der Waals surface area contributed by atoms with E-state index in [9.17, 15) is 14.7 Å². The van der Waals surface area contributed by atoms with E-state index in [0.29, 0.717) is 29.4 Å². The van der Waals surface area contributed by atoms with E-state index in [0.717, 1.165) is 18.7 Å². The lowest BCUT2D eigenvalue weighted by molar-refractivity contribution is -0.140. The average Bonchev–Trinajstić information content (AvgIpc) is 3.05. The lowest BCUT2D eigenvalue weighted by Crippen LogP contribution is -2.38. The van der Waals surface area contributed by atoms with Gasteiger partial charge in [-0.2, -0.15) is 0 Å². The monoisotopic (exact) mass is 470 g/mol. The van der Waals surface area contributed by atoms with Crippen molar-refractivity contribution in [2.24, 2.45) is 0 Å². The molecule has 0 radical (unpaired) electrons. The van der Waals surface area contributed by atoms with Crippen LogP contribution >= 0.6 is 11.6 Å². The highest BCUT2D eigenvalue weighted by Crippen LogP contribution is 2.39. The number of rotatable bonds is 9. The maximum absolute atomic E-state index is 13.1. The minimum atomic E-state index is -0.690. The molecule has 0 aromatic heterocycles. The number of amides is 1. The molecule has 2 aromatic rings. The first-order chi connectivity index (χ1) is 15.8. The van der Waals surface area contributed by atoms with Crippen molar-refractivity contribution in [3.8, 4) is 5.75 Å². The number of likely N-dealkylation sites (N-methyl/N-ethyl adjacent to an activating group) is 1. The van der Waals surface area contributed by atoms with E-state index in [-0.39, 0.29) is 17.4 Å². The largest absolute Gasteiger partial charge is 0.507 e. The van der Waals surface area contributed by atoms with Crippen LogP contribution in [-0.2, 0) is 9.59 Å². The normalized spacial score (nSPS) is 17.9. The van der Waals surface area contributed by atoms with E-state index in [4.69, 9.17) is 16.3 Å². The fourth-order valence-electron chi connectivity index (χ4n) is 4.01. The molecule has 33 heavy (non-hydrogen) atoms. The number of likely N-dealkylation sites (tertiary alicyclic amines) is 1. The van der Waals surface area contributed by atoms with Crippen molar-refractivity contribution in [2.45, 2.75) is 39.8 Å². The molecule has 0 saturated carbocycles. The topological polar surface area (TPSA) is 70.1 Å². The van der Waals surface area contributed by atoms with Gasteiger partial charge < -0.3 is 19.6 Å². The number of ether oxygens (including phenoxy) is 1. The van der Waals surface area contributed by atoms with Gasteiger partial charge in [0, 0.05) is 23.7 Å². The third-order valence-electron chi connectivity index (χ3n) is 5.78. The summed E-state index contributed by atoms with van der Waals surface area (Å²) >= 11 is 5.98. The molecule has 0 aliphatic carbocycles. The lowest BCUT2D eigenvalue weighted by atomic mass is 9.95. The number of hydrogen-bond donors (Lipinski definition) is 1. The van der Waals surface area contributed by atoms with Crippen LogP contribution in [0.5, 0.6) is 5.75 Å². The van der Waals surface area contributed by atoms with Gasteiger partial charge in [0.2, 0.25) is 0 Å². The van der Waals surface area contributed by atoms with Gasteiger partial charge in [-0.3, -0.25) is 9.59 Å². The third-order valence-corrected chi connectivity index (χ3v) is 6.03. The van der Waals surface area contributed by atoms with Crippen LogP contribution in [0.2, 0.25) is 5.02 Å². The van der Waals surface area contributed by atoms with Crippen molar-refractivity contribution in [1.29, 1.82) is 0 Å². The Kier molecular flexibility index (Phi) is 8.16. The van der Waals surface area contributed by atoms with Crippen molar-refractivity contribution in [3.63, 3.8) is 0 Å². The van der Waals surface area contributed by atoms with Crippen LogP contribution in [-0.4, -0.2) is 58.9 Å². The second kappa shape index (κ2) is 10.9. The van der Waals surface area contributed by atoms with E-state index in [1.807, 2.05) is 38.1 Å². The zero-order valence-electron chi connectivity index (χ0n) is 19.5. The van der Waals surface area contributed by atoms with Crippen LogP contribution in [0, 0.1) is 0 Å². The molecule has 0 spiro atoms. The molecule has 1 aliphatic heterocycles.